The van der Waals surface area contributed by atoms with Gasteiger partial charge in [0.15, 0.2) is 11.4 Å². The lowest BCUT2D eigenvalue weighted by atomic mass is 10.2. The van der Waals surface area contributed by atoms with E-state index in [0.29, 0.717) is 38.5 Å². The highest BCUT2D eigenvalue weighted by Crippen LogP contribution is 2.33. The SMILES string of the molecule is [C-]#[N+]c1ccc(-n2c(-c3ccc(Cl)cc3Cl)nc(C(=O)NN3CCCCC3)c2C)cc1. The fourth-order valence-electron chi connectivity index (χ4n) is 3.76. The minimum Gasteiger partial charge on any atom is -0.296 e. The second-order valence-corrected chi connectivity index (χ2v) is 8.29. The van der Waals surface area contributed by atoms with Crippen molar-refractivity contribution >= 4 is 34.8 Å². The molecule has 1 amide bonds. The van der Waals surface area contributed by atoms with E-state index in [0.717, 1.165) is 31.6 Å². The molecule has 1 aliphatic heterocycles. The van der Waals surface area contributed by atoms with Crippen molar-refractivity contribution in [1.29, 1.82) is 0 Å². The molecule has 3 aromatic rings. The largest absolute Gasteiger partial charge is 0.296 e. The number of carbonyl (C=O) groups is 1. The molecule has 1 aliphatic rings. The molecule has 0 bridgehead atoms. The van der Waals surface area contributed by atoms with Gasteiger partial charge in [-0.05, 0) is 50.1 Å². The zero-order valence-corrected chi connectivity index (χ0v) is 18.5. The molecule has 1 aromatic heterocycles. The van der Waals surface area contributed by atoms with Crippen LogP contribution in [0.25, 0.3) is 21.9 Å². The Labute approximate surface area is 191 Å². The van der Waals surface area contributed by atoms with Crippen molar-refractivity contribution in [2.45, 2.75) is 26.2 Å². The monoisotopic (exact) mass is 453 g/mol. The summed E-state index contributed by atoms with van der Waals surface area (Å²) in [5, 5.41) is 2.91. The Kier molecular flexibility index (Phi) is 6.28. The van der Waals surface area contributed by atoms with E-state index in [9.17, 15) is 4.79 Å². The fraction of sp³-hybridized carbons (Fsp3) is 0.261. The van der Waals surface area contributed by atoms with Gasteiger partial charge in [0.1, 0.15) is 5.82 Å². The van der Waals surface area contributed by atoms with Crippen molar-refractivity contribution in [2.24, 2.45) is 0 Å². The summed E-state index contributed by atoms with van der Waals surface area (Å²) < 4.78 is 1.88. The van der Waals surface area contributed by atoms with Crippen molar-refractivity contribution in [3.05, 3.63) is 75.3 Å². The van der Waals surface area contributed by atoms with Crippen molar-refractivity contribution in [3.63, 3.8) is 0 Å². The van der Waals surface area contributed by atoms with Gasteiger partial charge in [0, 0.05) is 29.4 Å². The molecule has 0 atom stereocenters. The molecule has 1 N–H and O–H groups in total. The van der Waals surface area contributed by atoms with E-state index in [1.54, 1.807) is 30.3 Å². The average molecular weight is 454 g/mol. The molecule has 1 saturated heterocycles. The predicted octanol–water partition coefficient (Wildman–Crippen LogP) is 5.84. The van der Waals surface area contributed by atoms with E-state index in [1.165, 1.54) is 6.42 Å². The maximum Gasteiger partial charge on any atom is 0.286 e. The van der Waals surface area contributed by atoms with Gasteiger partial charge in [-0.2, -0.15) is 0 Å². The second-order valence-electron chi connectivity index (χ2n) is 7.45. The summed E-state index contributed by atoms with van der Waals surface area (Å²) in [4.78, 5) is 21.2. The zero-order valence-electron chi connectivity index (χ0n) is 17.0. The minimum absolute atomic E-state index is 0.248. The summed E-state index contributed by atoms with van der Waals surface area (Å²) in [5.74, 6) is 0.292. The molecule has 0 radical (unpaired) electrons. The highest BCUT2D eigenvalue weighted by molar-refractivity contribution is 6.36. The first-order chi connectivity index (χ1) is 15.0. The van der Waals surface area contributed by atoms with Gasteiger partial charge < -0.3 is 0 Å². The summed E-state index contributed by atoms with van der Waals surface area (Å²) in [6.45, 7) is 10.7. The highest BCUT2D eigenvalue weighted by atomic mass is 35.5. The first kappa shape index (κ1) is 21.4. The van der Waals surface area contributed by atoms with E-state index in [2.05, 4.69) is 10.3 Å². The van der Waals surface area contributed by atoms with Crippen molar-refractivity contribution < 1.29 is 4.79 Å². The lowest BCUT2D eigenvalue weighted by Gasteiger charge is -2.26. The van der Waals surface area contributed by atoms with Gasteiger partial charge >= 0.3 is 0 Å². The highest BCUT2D eigenvalue weighted by Gasteiger charge is 2.24. The Morgan fingerprint density at radius 3 is 2.45 bits per heavy atom. The van der Waals surface area contributed by atoms with Gasteiger partial charge in [-0.15, -0.1) is 0 Å². The van der Waals surface area contributed by atoms with Crippen LogP contribution in [-0.2, 0) is 0 Å². The number of imidazole rings is 1. The smallest absolute Gasteiger partial charge is 0.286 e. The Morgan fingerprint density at radius 2 is 1.81 bits per heavy atom. The third-order valence-electron chi connectivity index (χ3n) is 5.35. The number of hydrazine groups is 1. The molecule has 0 saturated carbocycles. The van der Waals surface area contributed by atoms with E-state index >= 15 is 0 Å². The number of carbonyl (C=O) groups excluding carboxylic acids is 1. The Morgan fingerprint density at radius 1 is 1.10 bits per heavy atom. The van der Waals surface area contributed by atoms with Crippen LogP contribution in [0.15, 0.2) is 42.5 Å². The molecule has 0 aliphatic carbocycles. The second kappa shape index (κ2) is 9.11. The van der Waals surface area contributed by atoms with Crippen LogP contribution in [0.3, 0.4) is 0 Å². The van der Waals surface area contributed by atoms with Crippen LogP contribution in [0, 0.1) is 13.5 Å². The Balaban J connectivity index is 1.81. The van der Waals surface area contributed by atoms with Gasteiger partial charge in [0.2, 0.25) is 0 Å². The normalized spacial score (nSPS) is 14.3. The molecule has 158 valence electrons. The molecular weight excluding hydrogens is 433 g/mol. The first-order valence-electron chi connectivity index (χ1n) is 10.1. The van der Waals surface area contributed by atoms with E-state index in [-0.39, 0.29) is 5.91 Å². The third kappa shape index (κ3) is 4.45. The molecule has 8 heteroatoms. The summed E-state index contributed by atoms with van der Waals surface area (Å²) in [6, 6.07) is 12.3. The van der Waals surface area contributed by atoms with Gasteiger partial charge in [-0.3, -0.25) is 14.8 Å². The van der Waals surface area contributed by atoms with E-state index in [1.807, 2.05) is 28.6 Å². The number of benzene rings is 2. The Hall–Kier alpha value is -2.85. The number of rotatable bonds is 4. The minimum atomic E-state index is -0.248. The number of aromatic nitrogens is 2. The molecule has 2 aromatic carbocycles. The number of amides is 1. The number of nitrogens with zero attached hydrogens (tertiary/aromatic N) is 4. The molecule has 4 rings (SSSR count). The van der Waals surface area contributed by atoms with Crippen LogP contribution in [-0.4, -0.2) is 33.6 Å². The van der Waals surface area contributed by atoms with Crippen LogP contribution in [0.2, 0.25) is 10.0 Å². The van der Waals surface area contributed by atoms with Gasteiger partial charge in [-0.1, -0.05) is 41.8 Å². The number of piperidine rings is 1. The van der Waals surface area contributed by atoms with E-state index < -0.39 is 0 Å². The maximum atomic E-state index is 13.1. The summed E-state index contributed by atoms with van der Waals surface area (Å²) in [5.41, 5.74) is 6.00. The summed E-state index contributed by atoms with van der Waals surface area (Å²) >= 11 is 12.6. The van der Waals surface area contributed by atoms with Crippen LogP contribution < -0.4 is 5.43 Å². The molecular formula is C23H21Cl2N5O. The summed E-state index contributed by atoms with van der Waals surface area (Å²) in [7, 11) is 0. The quantitative estimate of drug-likeness (QED) is 0.505. The zero-order chi connectivity index (χ0) is 22.0. The van der Waals surface area contributed by atoms with Crippen molar-refractivity contribution in [1.82, 2.24) is 20.0 Å². The predicted molar refractivity (Wildman–Crippen MR) is 123 cm³/mol. The van der Waals surface area contributed by atoms with Crippen LogP contribution >= 0.6 is 23.2 Å². The van der Waals surface area contributed by atoms with Crippen molar-refractivity contribution in [2.75, 3.05) is 13.1 Å². The Bertz CT molecular complexity index is 1160. The molecule has 1 fully saturated rings. The maximum absolute atomic E-state index is 13.1. The number of hydrogen-bond acceptors (Lipinski definition) is 3. The van der Waals surface area contributed by atoms with Gasteiger partial charge in [-0.25, -0.2) is 14.8 Å². The lowest BCUT2D eigenvalue weighted by molar-refractivity contribution is 0.0744. The molecule has 2 heterocycles. The fourth-order valence-corrected chi connectivity index (χ4v) is 4.26. The van der Waals surface area contributed by atoms with Gasteiger partial charge in [0.05, 0.1) is 17.3 Å². The number of nitrogens with one attached hydrogen (secondary N) is 1. The standard InChI is InChI=1S/C23H21Cl2N5O/c1-15-21(23(31)28-29-12-4-3-5-13-29)27-22(19-11-6-16(24)14-20(19)25)30(15)18-9-7-17(26-2)8-10-18/h6-11,14H,3-5,12-13H2,1H3,(H,28,31). The number of halogens is 2. The molecule has 31 heavy (non-hydrogen) atoms. The van der Waals surface area contributed by atoms with Crippen molar-refractivity contribution in [3.8, 4) is 17.1 Å². The van der Waals surface area contributed by atoms with E-state index in [4.69, 9.17) is 34.8 Å². The molecule has 0 spiro atoms. The summed E-state index contributed by atoms with van der Waals surface area (Å²) in [6.07, 6.45) is 3.30. The molecule has 0 unspecified atom stereocenters. The van der Waals surface area contributed by atoms with Crippen LogP contribution in [0.1, 0.15) is 35.4 Å². The van der Waals surface area contributed by atoms with Crippen LogP contribution in [0.5, 0.6) is 0 Å². The lowest BCUT2D eigenvalue weighted by Crippen LogP contribution is -2.45. The molecule has 6 nitrogen and oxygen atoms in total. The average Bonchev–Trinajstić information content (AvgIpc) is 3.11. The number of hydrogen-bond donors (Lipinski definition) is 1. The first-order valence-corrected chi connectivity index (χ1v) is 10.8. The topological polar surface area (TPSA) is 54.5 Å². The third-order valence-corrected chi connectivity index (χ3v) is 5.90. The van der Waals surface area contributed by atoms with Gasteiger partial charge in [0.25, 0.3) is 5.91 Å². The van der Waals surface area contributed by atoms with Crippen LogP contribution in [0.4, 0.5) is 5.69 Å².